The molecule has 0 radical (unpaired) electrons. The third-order valence-corrected chi connectivity index (χ3v) is 5.38. The summed E-state index contributed by atoms with van der Waals surface area (Å²) >= 11 is 0. The first-order chi connectivity index (χ1) is 14.5. The number of carbonyl (C=O) groups is 3. The molecule has 0 saturated carbocycles. The highest BCUT2D eigenvalue weighted by molar-refractivity contribution is 6.05. The SMILES string of the molecule is C[C@@H]1C(=O)Nc2ccc(C(=O)COC(=O)c3ccc(OC[C@H]4CCCO4)cc3)cc21. The number of esters is 1. The topological polar surface area (TPSA) is 90.9 Å². The van der Waals surface area contributed by atoms with Gasteiger partial charge in [0, 0.05) is 17.9 Å². The van der Waals surface area contributed by atoms with Crippen molar-refractivity contribution >= 4 is 23.3 Å². The molecule has 2 heterocycles. The minimum atomic E-state index is -0.583. The predicted octanol–water partition coefficient (Wildman–Crippen LogP) is 3.34. The molecule has 0 unspecified atom stereocenters. The number of rotatable bonds is 7. The van der Waals surface area contributed by atoms with E-state index in [1.165, 1.54) is 0 Å². The second kappa shape index (κ2) is 8.67. The molecule has 2 aliphatic rings. The van der Waals surface area contributed by atoms with Gasteiger partial charge in [-0.25, -0.2) is 4.79 Å². The number of benzene rings is 2. The fourth-order valence-electron chi connectivity index (χ4n) is 3.54. The highest BCUT2D eigenvalue weighted by Crippen LogP contribution is 2.32. The van der Waals surface area contributed by atoms with Gasteiger partial charge in [-0.15, -0.1) is 0 Å². The van der Waals surface area contributed by atoms with Crippen LogP contribution in [0.1, 0.15) is 52.0 Å². The van der Waals surface area contributed by atoms with Gasteiger partial charge >= 0.3 is 5.97 Å². The van der Waals surface area contributed by atoms with E-state index in [0.29, 0.717) is 29.2 Å². The van der Waals surface area contributed by atoms with Gasteiger partial charge in [-0.3, -0.25) is 9.59 Å². The fraction of sp³-hybridized carbons (Fsp3) is 0.348. The Labute approximate surface area is 174 Å². The van der Waals surface area contributed by atoms with Crippen molar-refractivity contribution in [1.29, 1.82) is 0 Å². The zero-order chi connectivity index (χ0) is 21.1. The highest BCUT2D eigenvalue weighted by atomic mass is 16.5. The van der Waals surface area contributed by atoms with Crippen LogP contribution in [-0.2, 0) is 14.3 Å². The van der Waals surface area contributed by atoms with Crippen molar-refractivity contribution in [1.82, 2.24) is 0 Å². The first-order valence-electron chi connectivity index (χ1n) is 10.0. The third kappa shape index (κ3) is 4.36. The first kappa shape index (κ1) is 20.1. The number of nitrogens with one attached hydrogen (secondary N) is 1. The van der Waals surface area contributed by atoms with Crippen LogP contribution >= 0.6 is 0 Å². The second-order valence-electron chi connectivity index (χ2n) is 7.48. The maximum absolute atomic E-state index is 12.4. The van der Waals surface area contributed by atoms with Crippen molar-refractivity contribution in [2.75, 3.05) is 25.1 Å². The van der Waals surface area contributed by atoms with Crippen LogP contribution in [0.5, 0.6) is 5.75 Å². The Hall–Kier alpha value is -3.19. The molecule has 0 bridgehead atoms. The van der Waals surface area contributed by atoms with E-state index in [1.807, 2.05) is 0 Å². The van der Waals surface area contributed by atoms with Gasteiger partial charge in [0.15, 0.2) is 12.4 Å². The number of Topliss-reactive ketones (excluding diaryl/α,β-unsaturated/α-hetero) is 1. The fourth-order valence-corrected chi connectivity index (χ4v) is 3.54. The molecule has 156 valence electrons. The molecular weight excluding hydrogens is 386 g/mol. The average molecular weight is 409 g/mol. The molecule has 1 N–H and O–H groups in total. The van der Waals surface area contributed by atoms with Crippen molar-refractivity contribution in [3.8, 4) is 5.75 Å². The Morgan fingerprint density at radius 2 is 1.90 bits per heavy atom. The van der Waals surface area contributed by atoms with E-state index in [0.717, 1.165) is 25.0 Å². The Morgan fingerprint density at radius 3 is 2.63 bits per heavy atom. The van der Waals surface area contributed by atoms with Crippen LogP contribution < -0.4 is 10.1 Å². The molecule has 2 aromatic rings. The Kier molecular flexibility index (Phi) is 5.81. The third-order valence-electron chi connectivity index (χ3n) is 5.38. The predicted molar refractivity (Wildman–Crippen MR) is 109 cm³/mol. The second-order valence-corrected chi connectivity index (χ2v) is 7.48. The van der Waals surface area contributed by atoms with Crippen LogP contribution in [0.3, 0.4) is 0 Å². The van der Waals surface area contributed by atoms with Gasteiger partial charge in [-0.1, -0.05) is 0 Å². The lowest BCUT2D eigenvalue weighted by Gasteiger charge is -2.11. The molecule has 2 aliphatic heterocycles. The van der Waals surface area contributed by atoms with E-state index in [4.69, 9.17) is 14.2 Å². The van der Waals surface area contributed by atoms with E-state index < -0.39 is 5.97 Å². The zero-order valence-corrected chi connectivity index (χ0v) is 16.7. The summed E-state index contributed by atoms with van der Waals surface area (Å²) < 4.78 is 16.3. The number of fused-ring (bicyclic) bond motifs is 1. The van der Waals surface area contributed by atoms with Gasteiger partial charge in [0.1, 0.15) is 12.4 Å². The normalized spacial score (nSPS) is 19.8. The molecule has 0 aliphatic carbocycles. The van der Waals surface area contributed by atoms with Crippen LogP contribution in [0.15, 0.2) is 42.5 Å². The lowest BCUT2D eigenvalue weighted by Crippen LogP contribution is -2.16. The lowest BCUT2D eigenvalue weighted by atomic mass is 9.99. The van der Waals surface area contributed by atoms with E-state index in [2.05, 4.69) is 5.32 Å². The summed E-state index contributed by atoms with van der Waals surface area (Å²) in [6, 6.07) is 11.6. The van der Waals surface area contributed by atoms with Crippen LogP contribution in [-0.4, -0.2) is 43.6 Å². The molecule has 7 heteroatoms. The van der Waals surface area contributed by atoms with Gasteiger partial charge < -0.3 is 19.5 Å². The van der Waals surface area contributed by atoms with Crippen molar-refractivity contribution in [2.45, 2.75) is 31.8 Å². The van der Waals surface area contributed by atoms with Gasteiger partial charge in [0.2, 0.25) is 5.91 Å². The van der Waals surface area contributed by atoms with Crippen molar-refractivity contribution in [3.63, 3.8) is 0 Å². The van der Waals surface area contributed by atoms with Crippen molar-refractivity contribution in [2.24, 2.45) is 0 Å². The number of ketones is 1. The molecule has 1 saturated heterocycles. The van der Waals surface area contributed by atoms with Crippen molar-refractivity contribution < 1.29 is 28.6 Å². The average Bonchev–Trinajstić information content (AvgIpc) is 3.38. The summed E-state index contributed by atoms with van der Waals surface area (Å²) in [5.41, 5.74) is 2.23. The van der Waals surface area contributed by atoms with E-state index in [1.54, 1.807) is 49.4 Å². The van der Waals surface area contributed by atoms with E-state index in [-0.39, 0.29) is 30.3 Å². The first-order valence-corrected chi connectivity index (χ1v) is 10.0. The minimum Gasteiger partial charge on any atom is -0.491 e. The molecule has 0 aromatic heterocycles. The number of ether oxygens (including phenoxy) is 3. The summed E-state index contributed by atoms with van der Waals surface area (Å²) in [4.78, 5) is 36.4. The maximum atomic E-state index is 12.4. The van der Waals surface area contributed by atoms with E-state index in [9.17, 15) is 14.4 Å². The number of anilines is 1. The Morgan fingerprint density at radius 1 is 1.13 bits per heavy atom. The monoisotopic (exact) mass is 409 g/mol. The summed E-state index contributed by atoms with van der Waals surface area (Å²) in [7, 11) is 0. The highest BCUT2D eigenvalue weighted by Gasteiger charge is 2.27. The molecule has 1 fully saturated rings. The molecule has 30 heavy (non-hydrogen) atoms. The Balaban J connectivity index is 1.30. The smallest absolute Gasteiger partial charge is 0.338 e. The van der Waals surface area contributed by atoms with Gasteiger partial charge in [0.25, 0.3) is 0 Å². The van der Waals surface area contributed by atoms with Gasteiger partial charge in [-0.05, 0) is 67.8 Å². The molecule has 4 rings (SSSR count). The minimum absolute atomic E-state index is 0.0933. The Bertz CT molecular complexity index is 962. The van der Waals surface area contributed by atoms with Crippen LogP contribution in [0.4, 0.5) is 5.69 Å². The molecule has 2 aromatic carbocycles. The lowest BCUT2D eigenvalue weighted by molar-refractivity contribution is -0.116. The molecule has 1 amide bonds. The molecule has 7 nitrogen and oxygen atoms in total. The number of hydrogen-bond donors (Lipinski definition) is 1. The maximum Gasteiger partial charge on any atom is 0.338 e. The quantitative estimate of drug-likeness (QED) is 0.557. The zero-order valence-electron chi connectivity index (χ0n) is 16.7. The largest absolute Gasteiger partial charge is 0.491 e. The van der Waals surface area contributed by atoms with Crippen LogP contribution in [0.2, 0.25) is 0 Å². The summed E-state index contributed by atoms with van der Waals surface area (Å²) in [5, 5.41) is 2.76. The van der Waals surface area contributed by atoms with Crippen LogP contribution in [0, 0.1) is 0 Å². The summed E-state index contributed by atoms with van der Waals surface area (Å²) in [5.74, 6) is -0.663. The standard InChI is InChI=1S/C23H23NO6/c1-14-19-11-16(6-9-20(19)24-22(14)26)21(25)13-30-23(27)15-4-7-17(8-5-15)29-12-18-3-2-10-28-18/h4-9,11,14,18H,2-3,10,12-13H2,1H3,(H,24,26)/t14-,18+/m0/s1. The number of hydrogen-bond acceptors (Lipinski definition) is 6. The molecular formula is C23H23NO6. The summed E-state index contributed by atoms with van der Waals surface area (Å²) in [6.45, 7) is 2.67. The van der Waals surface area contributed by atoms with Gasteiger partial charge in [0.05, 0.1) is 17.6 Å². The summed E-state index contributed by atoms with van der Waals surface area (Å²) in [6.07, 6.45) is 2.17. The molecule has 2 atom stereocenters. The van der Waals surface area contributed by atoms with E-state index >= 15 is 0 Å². The van der Waals surface area contributed by atoms with Gasteiger partial charge in [-0.2, -0.15) is 0 Å². The number of carbonyl (C=O) groups excluding carboxylic acids is 3. The molecule has 0 spiro atoms. The van der Waals surface area contributed by atoms with Crippen molar-refractivity contribution in [3.05, 3.63) is 59.2 Å². The van der Waals surface area contributed by atoms with Crippen LogP contribution in [0.25, 0.3) is 0 Å². The number of amides is 1.